The van der Waals surface area contributed by atoms with Crippen LogP contribution >= 0.6 is 11.6 Å². The average molecular weight is 540 g/mol. The zero-order chi connectivity index (χ0) is 27.1. The SMILES string of the molecule is O=C(CCCO)Cn1c(=O)nc(Nc2ccc(Oc3cccc(F)n3)cc2)n(Cc2ccc(Cl)cc2)c1=O. The van der Waals surface area contributed by atoms with Gasteiger partial charge in [0.2, 0.25) is 17.8 Å². The highest BCUT2D eigenvalue weighted by Gasteiger charge is 2.16. The predicted molar refractivity (Wildman–Crippen MR) is 139 cm³/mol. The molecule has 4 aromatic rings. The van der Waals surface area contributed by atoms with Crippen molar-refractivity contribution in [1.82, 2.24) is 19.1 Å². The molecule has 2 aromatic carbocycles. The Morgan fingerprint density at radius 2 is 1.74 bits per heavy atom. The monoisotopic (exact) mass is 539 g/mol. The first-order valence-corrected chi connectivity index (χ1v) is 12.0. The zero-order valence-electron chi connectivity index (χ0n) is 20.0. The first-order chi connectivity index (χ1) is 18.3. The van der Waals surface area contributed by atoms with Crippen LogP contribution in [0.4, 0.5) is 16.0 Å². The number of halogens is 2. The Kier molecular flexibility index (Phi) is 8.62. The summed E-state index contributed by atoms with van der Waals surface area (Å²) >= 11 is 5.97. The van der Waals surface area contributed by atoms with E-state index in [0.717, 1.165) is 4.57 Å². The summed E-state index contributed by atoms with van der Waals surface area (Å²) in [4.78, 5) is 45.9. The molecule has 4 rings (SSSR count). The van der Waals surface area contributed by atoms with Gasteiger partial charge in [0, 0.05) is 29.8 Å². The zero-order valence-corrected chi connectivity index (χ0v) is 20.8. The molecule has 0 radical (unpaired) electrons. The highest BCUT2D eigenvalue weighted by Crippen LogP contribution is 2.23. The van der Waals surface area contributed by atoms with Crippen molar-refractivity contribution in [2.75, 3.05) is 11.9 Å². The maximum Gasteiger partial charge on any atom is 0.355 e. The van der Waals surface area contributed by atoms with Crippen LogP contribution in [0.5, 0.6) is 11.6 Å². The lowest BCUT2D eigenvalue weighted by Gasteiger charge is -2.16. The number of hydrogen-bond acceptors (Lipinski definition) is 8. The maximum absolute atomic E-state index is 13.3. The molecular weight excluding hydrogens is 517 g/mol. The molecule has 2 N–H and O–H groups in total. The number of Topliss-reactive ketones (excluding diaryl/α,β-unsaturated/α-hetero) is 1. The lowest BCUT2D eigenvalue weighted by molar-refractivity contribution is -0.120. The van der Waals surface area contributed by atoms with Crippen molar-refractivity contribution in [2.45, 2.75) is 25.9 Å². The Hall–Kier alpha value is -4.35. The van der Waals surface area contributed by atoms with Crippen molar-refractivity contribution in [1.29, 1.82) is 0 Å². The van der Waals surface area contributed by atoms with E-state index in [1.54, 1.807) is 48.5 Å². The van der Waals surface area contributed by atoms with Crippen LogP contribution in [-0.2, 0) is 17.9 Å². The molecule has 0 amide bonds. The van der Waals surface area contributed by atoms with Crippen LogP contribution in [0.2, 0.25) is 5.02 Å². The van der Waals surface area contributed by atoms with E-state index in [2.05, 4.69) is 15.3 Å². The number of rotatable bonds is 11. The van der Waals surface area contributed by atoms with Gasteiger partial charge < -0.3 is 15.2 Å². The van der Waals surface area contributed by atoms with E-state index >= 15 is 0 Å². The third-order valence-corrected chi connectivity index (χ3v) is 5.63. The summed E-state index contributed by atoms with van der Waals surface area (Å²) in [6.07, 6.45) is 0.258. The molecule has 38 heavy (non-hydrogen) atoms. The number of ether oxygens (including phenoxy) is 1. The number of carbonyl (C=O) groups is 1. The predicted octanol–water partition coefficient (Wildman–Crippen LogP) is 3.52. The normalized spacial score (nSPS) is 10.8. The maximum atomic E-state index is 13.3. The van der Waals surface area contributed by atoms with Gasteiger partial charge in [0.1, 0.15) is 5.75 Å². The fourth-order valence-electron chi connectivity index (χ4n) is 3.51. The fourth-order valence-corrected chi connectivity index (χ4v) is 3.64. The van der Waals surface area contributed by atoms with E-state index in [-0.39, 0.29) is 43.6 Å². The Labute approximate surface area is 221 Å². The van der Waals surface area contributed by atoms with Crippen molar-refractivity contribution in [3.63, 3.8) is 0 Å². The van der Waals surface area contributed by atoms with Crippen LogP contribution < -0.4 is 21.4 Å². The molecule has 0 bridgehead atoms. The third kappa shape index (κ3) is 6.90. The number of aromatic nitrogens is 4. The molecule has 0 spiro atoms. The summed E-state index contributed by atoms with van der Waals surface area (Å²) < 4.78 is 20.9. The first kappa shape index (κ1) is 26.7. The molecule has 2 aromatic heterocycles. The molecule has 0 atom stereocenters. The van der Waals surface area contributed by atoms with Gasteiger partial charge in [-0.1, -0.05) is 29.8 Å². The van der Waals surface area contributed by atoms with Gasteiger partial charge in [-0.15, -0.1) is 0 Å². The number of carbonyl (C=O) groups excluding carboxylic acids is 1. The number of ketones is 1. The van der Waals surface area contributed by atoms with E-state index in [4.69, 9.17) is 21.4 Å². The van der Waals surface area contributed by atoms with Crippen LogP contribution in [-0.4, -0.2) is 36.6 Å². The third-order valence-electron chi connectivity index (χ3n) is 5.37. The minimum Gasteiger partial charge on any atom is -0.439 e. The molecule has 0 aliphatic rings. The van der Waals surface area contributed by atoms with Crippen molar-refractivity contribution in [2.24, 2.45) is 0 Å². The highest BCUT2D eigenvalue weighted by molar-refractivity contribution is 6.30. The van der Waals surface area contributed by atoms with Crippen LogP contribution in [0.25, 0.3) is 0 Å². The smallest absolute Gasteiger partial charge is 0.355 e. The standard InChI is InChI=1S/C26H23ClFN5O5/c27-18-8-6-17(7-9-18)15-32-24(31-25(36)33(26(32)37)16-20(35)3-2-14-34)29-19-10-12-21(13-11-19)38-23-5-1-4-22(28)30-23/h1,4-13,34H,2-3,14-16H2,(H,29,31,36). The molecule has 0 aliphatic heterocycles. The van der Waals surface area contributed by atoms with Crippen LogP contribution in [0.1, 0.15) is 18.4 Å². The molecule has 2 heterocycles. The molecule has 0 saturated carbocycles. The molecule has 12 heteroatoms. The molecular formula is C26H23ClFN5O5. The Balaban J connectivity index is 1.63. The second kappa shape index (κ2) is 12.3. The van der Waals surface area contributed by atoms with Gasteiger partial charge in [0.25, 0.3) is 0 Å². The topological polar surface area (TPSA) is 128 Å². The van der Waals surface area contributed by atoms with Gasteiger partial charge in [-0.25, -0.2) is 14.2 Å². The first-order valence-electron chi connectivity index (χ1n) is 11.6. The van der Waals surface area contributed by atoms with E-state index in [1.165, 1.54) is 22.8 Å². The van der Waals surface area contributed by atoms with E-state index in [0.29, 0.717) is 22.0 Å². The van der Waals surface area contributed by atoms with Crippen LogP contribution in [0.3, 0.4) is 0 Å². The number of nitrogens with one attached hydrogen (secondary N) is 1. The lowest BCUT2D eigenvalue weighted by Crippen LogP contribution is -2.44. The molecule has 0 unspecified atom stereocenters. The van der Waals surface area contributed by atoms with Gasteiger partial charge in [0.15, 0.2) is 5.78 Å². The Morgan fingerprint density at radius 1 is 1.00 bits per heavy atom. The van der Waals surface area contributed by atoms with Gasteiger partial charge in [-0.2, -0.15) is 14.4 Å². The number of benzene rings is 2. The second-order valence-corrected chi connectivity index (χ2v) is 8.65. The molecule has 0 aliphatic carbocycles. The Bertz CT molecular complexity index is 1540. The van der Waals surface area contributed by atoms with Crippen molar-refractivity contribution < 1.29 is 19.0 Å². The fraction of sp³-hybridized carbons (Fsp3) is 0.192. The van der Waals surface area contributed by atoms with Crippen molar-refractivity contribution in [3.05, 3.63) is 104 Å². The Morgan fingerprint density at radius 3 is 2.42 bits per heavy atom. The minimum absolute atomic E-state index is 0.0269. The van der Waals surface area contributed by atoms with Crippen molar-refractivity contribution in [3.8, 4) is 11.6 Å². The quantitative estimate of drug-likeness (QED) is 0.277. The number of hydrogen-bond donors (Lipinski definition) is 2. The highest BCUT2D eigenvalue weighted by atomic mass is 35.5. The van der Waals surface area contributed by atoms with Gasteiger partial charge in [-0.05, 0) is 54.4 Å². The van der Waals surface area contributed by atoms with Gasteiger partial charge >= 0.3 is 11.4 Å². The van der Waals surface area contributed by atoms with Crippen LogP contribution in [0.15, 0.2) is 76.3 Å². The molecule has 0 saturated heterocycles. The number of anilines is 2. The van der Waals surface area contributed by atoms with Crippen molar-refractivity contribution >= 4 is 29.0 Å². The lowest BCUT2D eigenvalue weighted by atomic mass is 10.2. The van der Waals surface area contributed by atoms with E-state index < -0.39 is 23.9 Å². The van der Waals surface area contributed by atoms with E-state index in [9.17, 15) is 18.8 Å². The number of aliphatic hydroxyl groups excluding tert-OH is 1. The minimum atomic E-state index is -0.890. The van der Waals surface area contributed by atoms with Gasteiger partial charge in [0.05, 0.1) is 13.1 Å². The largest absolute Gasteiger partial charge is 0.439 e. The molecule has 0 fully saturated rings. The van der Waals surface area contributed by atoms with Gasteiger partial charge in [-0.3, -0.25) is 9.36 Å². The summed E-state index contributed by atoms with van der Waals surface area (Å²) in [6, 6.07) is 17.4. The number of aliphatic hydroxyl groups is 1. The molecule has 196 valence electrons. The summed E-state index contributed by atoms with van der Waals surface area (Å²) in [6.45, 7) is -0.584. The summed E-state index contributed by atoms with van der Waals surface area (Å²) in [5.41, 5.74) is -0.418. The number of nitrogens with zero attached hydrogens (tertiary/aromatic N) is 4. The van der Waals surface area contributed by atoms with E-state index in [1.807, 2.05) is 0 Å². The number of pyridine rings is 1. The summed E-state index contributed by atoms with van der Waals surface area (Å²) in [7, 11) is 0. The summed E-state index contributed by atoms with van der Waals surface area (Å²) in [5, 5.41) is 12.4. The molecule has 10 nitrogen and oxygen atoms in total. The second-order valence-electron chi connectivity index (χ2n) is 8.22. The van der Waals surface area contributed by atoms with Crippen LogP contribution in [0, 0.1) is 5.95 Å². The summed E-state index contributed by atoms with van der Waals surface area (Å²) in [5.74, 6) is -0.606. The average Bonchev–Trinajstić information content (AvgIpc) is 2.90.